The number of benzene rings is 1. The van der Waals surface area contributed by atoms with Crippen molar-refractivity contribution in [1.29, 1.82) is 0 Å². The quantitative estimate of drug-likeness (QED) is 0.457. The van der Waals surface area contributed by atoms with Gasteiger partial charge in [-0.3, -0.25) is 14.9 Å². The number of rotatable bonds is 5. The van der Waals surface area contributed by atoms with Crippen LogP contribution in [-0.2, 0) is 4.79 Å². The molecule has 3 rings (SSSR count). The van der Waals surface area contributed by atoms with E-state index in [-0.39, 0.29) is 11.6 Å². The highest BCUT2D eigenvalue weighted by molar-refractivity contribution is 5.92. The summed E-state index contributed by atoms with van der Waals surface area (Å²) in [7, 11) is 1.60. The van der Waals surface area contributed by atoms with Crippen LogP contribution in [-0.4, -0.2) is 54.0 Å². The fourth-order valence-electron chi connectivity index (χ4n) is 2.90. The van der Waals surface area contributed by atoms with Gasteiger partial charge in [-0.15, -0.1) is 0 Å². The molecule has 0 aliphatic carbocycles. The third-order valence-electron chi connectivity index (χ3n) is 4.40. The minimum Gasteiger partial charge on any atom is -0.496 e. The van der Waals surface area contributed by atoms with E-state index in [9.17, 15) is 14.9 Å². The zero-order valence-electron chi connectivity index (χ0n) is 14.9. The first kappa shape index (κ1) is 18.4. The second kappa shape index (κ2) is 8.31. The van der Waals surface area contributed by atoms with Crippen LogP contribution in [0.4, 0.5) is 11.5 Å². The Morgan fingerprint density at radius 2 is 1.93 bits per heavy atom. The van der Waals surface area contributed by atoms with Crippen molar-refractivity contribution in [3.05, 3.63) is 64.3 Å². The average Bonchev–Trinajstić information content (AvgIpc) is 2.72. The number of amides is 1. The summed E-state index contributed by atoms with van der Waals surface area (Å²) in [5.41, 5.74) is 0.816. The number of ether oxygens (including phenoxy) is 1. The van der Waals surface area contributed by atoms with Crippen LogP contribution in [0.3, 0.4) is 0 Å². The summed E-state index contributed by atoms with van der Waals surface area (Å²) in [6, 6.07) is 10.6. The Balaban J connectivity index is 1.57. The van der Waals surface area contributed by atoms with Crippen LogP contribution in [0.1, 0.15) is 5.56 Å². The van der Waals surface area contributed by atoms with Gasteiger partial charge in [0, 0.05) is 43.9 Å². The van der Waals surface area contributed by atoms with Gasteiger partial charge in [-0.05, 0) is 18.2 Å². The zero-order chi connectivity index (χ0) is 19.2. The maximum Gasteiger partial charge on any atom is 0.287 e. The zero-order valence-corrected chi connectivity index (χ0v) is 14.9. The summed E-state index contributed by atoms with van der Waals surface area (Å²) in [6.07, 6.45) is 4.56. The number of nitro groups is 1. The van der Waals surface area contributed by atoms with E-state index in [1.165, 1.54) is 12.3 Å². The molecule has 0 bridgehead atoms. The highest BCUT2D eigenvalue weighted by Gasteiger charge is 2.21. The van der Waals surface area contributed by atoms with E-state index < -0.39 is 4.92 Å². The van der Waals surface area contributed by atoms with E-state index in [1.807, 2.05) is 29.2 Å². The number of nitrogens with zero attached hydrogens (tertiary/aromatic N) is 4. The molecule has 0 unspecified atom stereocenters. The predicted octanol–water partition coefficient (Wildman–Crippen LogP) is 2.36. The number of methoxy groups -OCH3 is 1. The summed E-state index contributed by atoms with van der Waals surface area (Å²) in [6.45, 7) is 2.37. The molecule has 1 fully saturated rings. The molecule has 1 aromatic carbocycles. The smallest absolute Gasteiger partial charge is 0.287 e. The first-order chi connectivity index (χ1) is 13.1. The molecule has 8 heteroatoms. The Hall–Kier alpha value is -3.42. The second-order valence-corrected chi connectivity index (χ2v) is 6.02. The number of pyridine rings is 1. The van der Waals surface area contributed by atoms with Crippen molar-refractivity contribution in [1.82, 2.24) is 9.88 Å². The molecule has 0 N–H and O–H groups in total. The summed E-state index contributed by atoms with van der Waals surface area (Å²) in [5.74, 6) is 1.34. The summed E-state index contributed by atoms with van der Waals surface area (Å²) >= 11 is 0. The number of anilines is 1. The molecule has 0 saturated carbocycles. The van der Waals surface area contributed by atoms with Gasteiger partial charge < -0.3 is 14.5 Å². The molecule has 0 radical (unpaired) electrons. The van der Waals surface area contributed by atoms with Crippen LogP contribution in [0.15, 0.2) is 48.7 Å². The molecule has 27 heavy (non-hydrogen) atoms. The number of hydrogen-bond acceptors (Lipinski definition) is 6. The maximum absolute atomic E-state index is 12.4. The van der Waals surface area contributed by atoms with Gasteiger partial charge in [-0.25, -0.2) is 4.98 Å². The van der Waals surface area contributed by atoms with E-state index in [4.69, 9.17) is 4.74 Å². The van der Waals surface area contributed by atoms with Gasteiger partial charge in [0.15, 0.2) is 0 Å². The molecular weight excluding hydrogens is 348 g/mol. The second-order valence-electron chi connectivity index (χ2n) is 6.02. The molecule has 1 saturated heterocycles. The van der Waals surface area contributed by atoms with Gasteiger partial charge in [0.1, 0.15) is 17.8 Å². The van der Waals surface area contributed by atoms with Crippen LogP contribution in [0, 0.1) is 10.1 Å². The van der Waals surface area contributed by atoms with Crippen molar-refractivity contribution in [3.8, 4) is 5.75 Å². The minimum atomic E-state index is -0.471. The van der Waals surface area contributed by atoms with Crippen LogP contribution in [0.5, 0.6) is 5.75 Å². The predicted molar refractivity (Wildman–Crippen MR) is 102 cm³/mol. The van der Waals surface area contributed by atoms with Crippen LogP contribution >= 0.6 is 0 Å². The third-order valence-corrected chi connectivity index (χ3v) is 4.40. The number of aromatic nitrogens is 1. The fraction of sp³-hybridized carbons (Fsp3) is 0.263. The lowest BCUT2D eigenvalue weighted by Gasteiger charge is -2.34. The normalized spacial score (nSPS) is 14.4. The molecule has 0 atom stereocenters. The number of para-hydroxylation sites is 1. The van der Waals surface area contributed by atoms with Crippen LogP contribution < -0.4 is 9.64 Å². The first-order valence-corrected chi connectivity index (χ1v) is 8.54. The lowest BCUT2D eigenvalue weighted by atomic mass is 10.2. The van der Waals surface area contributed by atoms with Crippen molar-refractivity contribution in [2.75, 3.05) is 38.2 Å². The van der Waals surface area contributed by atoms with Gasteiger partial charge in [0.2, 0.25) is 5.91 Å². The maximum atomic E-state index is 12.4. The molecule has 1 aliphatic heterocycles. The third kappa shape index (κ3) is 4.41. The largest absolute Gasteiger partial charge is 0.496 e. The SMILES string of the molecule is COc1ccccc1/C=C/C(=O)N1CCN(c2ccc([N+](=O)[O-])cn2)CC1. The molecule has 2 heterocycles. The van der Waals surface area contributed by atoms with Gasteiger partial charge in [0.25, 0.3) is 5.69 Å². The lowest BCUT2D eigenvalue weighted by molar-refractivity contribution is -0.385. The topological polar surface area (TPSA) is 88.8 Å². The van der Waals surface area contributed by atoms with Crippen molar-refractivity contribution >= 4 is 23.5 Å². The molecule has 2 aromatic rings. The van der Waals surface area contributed by atoms with E-state index in [0.29, 0.717) is 32.0 Å². The molecule has 1 aromatic heterocycles. The Morgan fingerprint density at radius 1 is 1.19 bits per heavy atom. The number of carbonyl (C=O) groups excluding carboxylic acids is 1. The first-order valence-electron chi connectivity index (χ1n) is 8.54. The van der Waals surface area contributed by atoms with Crippen molar-refractivity contribution in [3.63, 3.8) is 0 Å². The highest BCUT2D eigenvalue weighted by Crippen LogP contribution is 2.20. The molecule has 0 spiro atoms. The fourth-order valence-corrected chi connectivity index (χ4v) is 2.90. The Kier molecular flexibility index (Phi) is 5.65. The van der Waals surface area contributed by atoms with Gasteiger partial charge in [-0.2, -0.15) is 0 Å². The number of piperazine rings is 1. The van der Waals surface area contributed by atoms with E-state index in [0.717, 1.165) is 11.3 Å². The van der Waals surface area contributed by atoms with E-state index in [2.05, 4.69) is 4.98 Å². The van der Waals surface area contributed by atoms with E-state index in [1.54, 1.807) is 30.2 Å². The molecule has 1 aliphatic rings. The van der Waals surface area contributed by atoms with Crippen LogP contribution in [0.2, 0.25) is 0 Å². The van der Waals surface area contributed by atoms with Gasteiger partial charge >= 0.3 is 0 Å². The van der Waals surface area contributed by atoms with Crippen molar-refractivity contribution < 1.29 is 14.5 Å². The molecule has 1 amide bonds. The van der Waals surface area contributed by atoms with Crippen molar-refractivity contribution in [2.45, 2.75) is 0 Å². The van der Waals surface area contributed by atoms with Crippen LogP contribution in [0.25, 0.3) is 6.08 Å². The number of hydrogen-bond donors (Lipinski definition) is 0. The molecular formula is C19H20N4O4. The monoisotopic (exact) mass is 368 g/mol. The molecule has 8 nitrogen and oxygen atoms in total. The Morgan fingerprint density at radius 3 is 2.56 bits per heavy atom. The summed E-state index contributed by atoms with van der Waals surface area (Å²) < 4.78 is 5.28. The molecule has 140 valence electrons. The summed E-state index contributed by atoms with van der Waals surface area (Å²) in [5, 5.41) is 10.7. The Bertz CT molecular complexity index is 843. The van der Waals surface area contributed by atoms with E-state index >= 15 is 0 Å². The lowest BCUT2D eigenvalue weighted by Crippen LogP contribution is -2.48. The van der Waals surface area contributed by atoms with Gasteiger partial charge in [-0.1, -0.05) is 18.2 Å². The Labute approximate surface area is 156 Å². The number of carbonyl (C=O) groups is 1. The minimum absolute atomic E-state index is 0.0333. The summed E-state index contributed by atoms with van der Waals surface area (Å²) in [4.78, 5) is 30.6. The highest BCUT2D eigenvalue weighted by atomic mass is 16.6. The van der Waals surface area contributed by atoms with Crippen molar-refractivity contribution in [2.24, 2.45) is 0 Å². The standard InChI is InChI=1S/C19H20N4O4/c1-27-17-5-3-2-4-15(17)6-9-19(24)22-12-10-21(11-13-22)18-8-7-16(14-20-18)23(25)26/h2-9,14H,10-13H2,1H3/b9-6+. The van der Waals surface area contributed by atoms with Gasteiger partial charge in [0.05, 0.1) is 12.0 Å². The average molecular weight is 368 g/mol.